The highest BCUT2D eigenvalue weighted by atomic mass is 16.2. The molecule has 0 unspecified atom stereocenters. The van der Waals surface area contributed by atoms with Crippen LogP contribution < -0.4 is 10.6 Å². The molecule has 2 N–H and O–H groups in total. The van der Waals surface area contributed by atoms with Crippen LogP contribution in [0.5, 0.6) is 0 Å². The number of hydrogen-bond donors (Lipinski definition) is 2. The largest absolute Gasteiger partial charge is 0.322 e. The van der Waals surface area contributed by atoms with Crippen LogP contribution in [-0.4, -0.2) is 16.8 Å². The molecule has 0 spiro atoms. The summed E-state index contributed by atoms with van der Waals surface area (Å²) in [7, 11) is 0. The van der Waals surface area contributed by atoms with E-state index in [0.717, 1.165) is 5.56 Å². The van der Waals surface area contributed by atoms with E-state index in [9.17, 15) is 9.59 Å². The molecule has 0 saturated heterocycles. The number of anilines is 2. The number of nitrogens with one attached hydrogen (secondary N) is 2. The van der Waals surface area contributed by atoms with Gasteiger partial charge in [-0.3, -0.25) is 14.6 Å². The van der Waals surface area contributed by atoms with Crippen molar-refractivity contribution < 1.29 is 9.59 Å². The predicted octanol–water partition coefficient (Wildman–Crippen LogP) is 5.19. The zero-order chi connectivity index (χ0) is 21.0. The zero-order valence-corrected chi connectivity index (χ0v) is 17.1. The number of rotatable bonds is 4. The molecular weight excluding hydrogens is 362 g/mol. The van der Waals surface area contributed by atoms with E-state index in [1.165, 1.54) is 17.8 Å². The second-order valence-electron chi connectivity index (χ2n) is 7.98. The molecule has 3 rings (SSSR count). The number of pyridine rings is 1. The van der Waals surface area contributed by atoms with Crippen molar-refractivity contribution in [3.8, 4) is 0 Å². The summed E-state index contributed by atoms with van der Waals surface area (Å²) in [4.78, 5) is 29.2. The SMILES string of the molecule is Cc1ccccc1NC(=O)c1cc(C(=O)Nc2ccc(C(C)(C)C)cc2)ccn1. The summed E-state index contributed by atoms with van der Waals surface area (Å²) < 4.78 is 0. The van der Waals surface area contributed by atoms with Crippen LogP contribution in [0.25, 0.3) is 0 Å². The van der Waals surface area contributed by atoms with Gasteiger partial charge in [-0.1, -0.05) is 51.1 Å². The molecular formula is C24H25N3O2. The minimum absolute atomic E-state index is 0.0486. The normalized spacial score (nSPS) is 11.0. The van der Waals surface area contributed by atoms with Crippen LogP contribution in [0.4, 0.5) is 11.4 Å². The topological polar surface area (TPSA) is 71.1 Å². The number of carbonyl (C=O) groups excluding carboxylic acids is 2. The Hall–Kier alpha value is -3.47. The summed E-state index contributed by atoms with van der Waals surface area (Å²) in [5, 5.41) is 5.69. The lowest BCUT2D eigenvalue weighted by Crippen LogP contribution is -2.17. The third-order valence-electron chi connectivity index (χ3n) is 4.66. The monoisotopic (exact) mass is 387 g/mol. The van der Waals surface area contributed by atoms with Crippen LogP contribution in [0.3, 0.4) is 0 Å². The van der Waals surface area contributed by atoms with Crippen molar-refractivity contribution in [3.05, 3.63) is 89.2 Å². The van der Waals surface area contributed by atoms with Crippen molar-refractivity contribution in [2.24, 2.45) is 0 Å². The number of aromatic nitrogens is 1. The highest BCUT2D eigenvalue weighted by Gasteiger charge is 2.15. The maximum absolute atomic E-state index is 12.6. The third kappa shape index (κ3) is 5.08. The zero-order valence-electron chi connectivity index (χ0n) is 17.1. The molecule has 3 aromatic rings. The van der Waals surface area contributed by atoms with E-state index in [0.29, 0.717) is 16.9 Å². The summed E-state index contributed by atoms with van der Waals surface area (Å²) in [5.74, 6) is -0.649. The van der Waals surface area contributed by atoms with Gasteiger partial charge >= 0.3 is 0 Å². The van der Waals surface area contributed by atoms with Crippen LogP contribution in [-0.2, 0) is 5.41 Å². The molecule has 5 heteroatoms. The predicted molar refractivity (Wildman–Crippen MR) is 116 cm³/mol. The van der Waals surface area contributed by atoms with Gasteiger partial charge in [0.25, 0.3) is 11.8 Å². The number of para-hydroxylation sites is 1. The number of carbonyl (C=O) groups is 2. The van der Waals surface area contributed by atoms with E-state index in [1.54, 1.807) is 6.07 Å². The highest BCUT2D eigenvalue weighted by Crippen LogP contribution is 2.23. The number of aryl methyl sites for hydroxylation is 1. The van der Waals surface area contributed by atoms with E-state index in [1.807, 2.05) is 55.5 Å². The van der Waals surface area contributed by atoms with E-state index in [4.69, 9.17) is 0 Å². The molecule has 0 atom stereocenters. The van der Waals surface area contributed by atoms with Crippen molar-refractivity contribution in [1.29, 1.82) is 0 Å². The average molecular weight is 387 g/mol. The maximum atomic E-state index is 12.6. The Morgan fingerprint density at radius 3 is 2.21 bits per heavy atom. The molecule has 2 aromatic carbocycles. The molecule has 0 bridgehead atoms. The van der Waals surface area contributed by atoms with Crippen LogP contribution in [0.15, 0.2) is 66.9 Å². The Labute approximate surface area is 171 Å². The van der Waals surface area contributed by atoms with E-state index >= 15 is 0 Å². The quantitative estimate of drug-likeness (QED) is 0.647. The summed E-state index contributed by atoms with van der Waals surface area (Å²) in [6, 6.07) is 18.3. The van der Waals surface area contributed by atoms with Crippen molar-refractivity contribution in [2.75, 3.05) is 10.6 Å². The first-order valence-electron chi connectivity index (χ1n) is 9.49. The number of amides is 2. The summed E-state index contributed by atoms with van der Waals surface area (Å²) >= 11 is 0. The first-order valence-corrected chi connectivity index (χ1v) is 9.49. The number of nitrogens with zero attached hydrogens (tertiary/aromatic N) is 1. The number of hydrogen-bond acceptors (Lipinski definition) is 3. The fourth-order valence-corrected chi connectivity index (χ4v) is 2.85. The summed E-state index contributed by atoms with van der Waals surface area (Å²) in [6.45, 7) is 8.33. The van der Waals surface area contributed by atoms with Gasteiger partial charge in [0.15, 0.2) is 0 Å². The molecule has 0 aliphatic carbocycles. The third-order valence-corrected chi connectivity index (χ3v) is 4.66. The van der Waals surface area contributed by atoms with Gasteiger partial charge in [-0.05, 0) is 53.8 Å². The van der Waals surface area contributed by atoms with Crippen molar-refractivity contribution in [3.63, 3.8) is 0 Å². The molecule has 1 aromatic heterocycles. The number of benzene rings is 2. The molecule has 0 saturated carbocycles. The molecule has 2 amide bonds. The first-order chi connectivity index (χ1) is 13.7. The molecule has 5 nitrogen and oxygen atoms in total. The molecule has 0 fully saturated rings. The van der Waals surface area contributed by atoms with Crippen LogP contribution in [0.2, 0.25) is 0 Å². The molecule has 0 aliphatic heterocycles. The Morgan fingerprint density at radius 2 is 1.55 bits per heavy atom. The fraction of sp³-hybridized carbons (Fsp3) is 0.208. The van der Waals surface area contributed by atoms with Crippen molar-refractivity contribution >= 4 is 23.2 Å². The molecule has 0 aliphatic rings. The lowest BCUT2D eigenvalue weighted by atomic mass is 9.87. The van der Waals surface area contributed by atoms with Gasteiger partial charge in [-0.2, -0.15) is 0 Å². The van der Waals surface area contributed by atoms with Gasteiger partial charge in [0.2, 0.25) is 0 Å². The molecule has 1 heterocycles. The van der Waals surface area contributed by atoms with E-state index in [-0.39, 0.29) is 22.9 Å². The second-order valence-corrected chi connectivity index (χ2v) is 7.98. The van der Waals surface area contributed by atoms with Gasteiger partial charge in [-0.15, -0.1) is 0 Å². The van der Waals surface area contributed by atoms with E-state index in [2.05, 4.69) is 36.4 Å². The Morgan fingerprint density at radius 1 is 0.862 bits per heavy atom. The van der Waals surface area contributed by atoms with Gasteiger partial charge in [0.05, 0.1) is 0 Å². The second kappa shape index (κ2) is 8.27. The molecule has 148 valence electrons. The van der Waals surface area contributed by atoms with Crippen LogP contribution >= 0.6 is 0 Å². The Bertz CT molecular complexity index is 1030. The summed E-state index contributed by atoms with van der Waals surface area (Å²) in [5.41, 5.74) is 4.16. The summed E-state index contributed by atoms with van der Waals surface area (Å²) in [6.07, 6.45) is 1.46. The first kappa shape index (κ1) is 20.3. The Balaban J connectivity index is 1.72. The maximum Gasteiger partial charge on any atom is 0.274 e. The van der Waals surface area contributed by atoms with Crippen LogP contribution in [0, 0.1) is 6.92 Å². The fourth-order valence-electron chi connectivity index (χ4n) is 2.85. The van der Waals surface area contributed by atoms with Crippen LogP contribution in [0.1, 0.15) is 52.7 Å². The van der Waals surface area contributed by atoms with Gasteiger partial charge in [-0.25, -0.2) is 0 Å². The van der Waals surface area contributed by atoms with Gasteiger partial charge in [0, 0.05) is 23.1 Å². The standard InChI is InChI=1S/C24H25N3O2/c1-16-7-5-6-8-20(16)27-23(29)21-15-17(13-14-25-21)22(28)26-19-11-9-18(10-12-19)24(2,3)4/h5-15H,1-4H3,(H,26,28)(H,27,29). The van der Waals surface area contributed by atoms with Gasteiger partial charge < -0.3 is 10.6 Å². The Kier molecular flexibility index (Phi) is 5.78. The van der Waals surface area contributed by atoms with Crippen molar-refractivity contribution in [2.45, 2.75) is 33.1 Å². The van der Waals surface area contributed by atoms with Crippen molar-refractivity contribution in [1.82, 2.24) is 4.98 Å². The minimum Gasteiger partial charge on any atom is -0.322 e. The average Bonchev–Trinajstić information content (AvgIpc) is 2.69. The lowest BCUT2D eigenvalue weighted by Gasteiger charge is -2.19. The molecule has 29 heavy (non-hydrogen) atoms. The van der Waals surface area contributed by atoms with E-state index < -0.39 is 0 Å². The van der Waals surface area contributed by atoms with Gasteiger partial charge in [0.1, 0.15) is 5.69 Å². The minimum atomic E-state index is -0.358. The smallest absolute Gasteiger partial charge is 0.274 e. The highest BCUT2D eigenvalue weighted by molar-refractivity contribution is 6.08. The lowest BCUT2D eigenvalue weighted by molar-refractivity contribution is 0.102. The molecule has 0 radical (unpaired) electrons.